The number of likely N-dealkylation sites (tertiary alicyclic amines) is 1. The first-order valence-corrected chi connectivity index (χ1v) is 9.29. The second kappa shape index (κ2) is 6.85. The van der Waals surface area contributed by atoms with Crippen molar-refractivity contribution in [3.63, 3.8) is 0 Å². The molecule has 2 aromatic rings. The summed E-state index contributed by atoms with van der Waals surface area (Å²) in [6.07, 6.45) is 5.27. The van der Waals surface area contributed by atoms with E-state index in [1.165, 1.54) is 11.1 Å². The minimum Gasteiger partial charge on any atom is -0.387 e. The van der Waals surface area contributed by atoms with Crippen LogP contribution in [-0.4, -0.2) is 62.4 Å². The van der Waals surface area contributed by atoms with Crippen molar-refractivity contribution in [2.24, 2.45) is 0 Å². The van der Waals surface area contributed by atoms with Crippen molar-refractivity contribution in [1.29, 1.82) is 0 Å². The van der Waals surface area contributed by atoms with Gasteiger partial charge in [0.1, 0.15) is 6.54 Å². The third-order valence-electron chi connectivity index (χ3n) is 5.47. The molecule has 0 bridgehead atoms. The molecule has 1 unspecified atom stereocenters. The molecule has 0 saturated carbocycles. The fourth-order valence-electron chi connectivity index (χ4n) is 4.10. The Bertz CT molecular complexity index is 803. The summed E-state index contributed by atoms with van der Waals surface area (Å²) in [7, 11) is 0. The molecule has 0 radical (unpaired) electrons. The van der Waals surface area contributed by atoms with Crippen LogP contribution < -0.4 is 0 Å². The van der Waals surface area contributed by atoms with Gasteiger partial charge >= 0.3 is 0 Å². The van der Waals surface area contributed by atoms with Crippen LogP contribution in [0.1, 0.15) is 23.1 Å². The quantitative estimate of drug-likeness (QED) is 0.897. The molecule has 6 heteroatoms. The Hall–Kier alpha value is -2.18. The van der Waals surface area contributed by atoms with Gasteiger partial charge < -0.3 is 10.0 Å². The van der Waals surface area contributed by atoms with Gasteiger partial charge in [-0.05, 0) is 36.5 Å². The van der Waals surface area contributed by atoms with Crippen molar-refractivity contribution in [3.05, 3.63) is 53.3 Å². The molecule has 3 heterocycles. The molecule has 1 fully saturated rings. The summed E-state index contributed by atoms with van der Waals surface area (Å²) in [5.74, 6) is 0.0213. The lowest BCUT2D eigenvalue weighted by atomic mass is 9.97. The van der Waals surface area contributed by atoms with E-state index in [4.69, 9.17) is 0 Å². The summed E-state index contributed by atoms with van der Waals surface area (Å²) in [4.78, 5) is 16.6. The van der Waals surface area contributed by atoms with E-state index in [1.54, 1.807) is 15.8 Å². The molecule has 1 atom stereocenters. The van der Waals surface area contributed by atoms with Crippen LogP contribution in [0.2, 0.25) is 0 Å². The summed E-state index contributed by atoms with van der Waals surface area (Å²) < 4.78 is 1.66. The molecule has 6 nitrogen and oxygen atoms in total. The maximum absolute atomic E-state index is 12.5. The predicted molar refractivity (Wildman–Crippen MR) is 98.5 cm³/mol. The van der Waals surface area contributed by atoms with Gasteiger partial charge in [-0.15, -0.1) is 0 Å². The van der Waals surface area contributed by atoms with Gasteiger partial charge in [-0.25, -0.2) is 0 Å². The number of benzene rings is 1. The number of carbonyl (C=O) groups is 1. The predicted octanol–water partition coefficient (Wildman–Crippen LogP) is 1.21. The van der Waals surface area contributed by atoms with E-state index in [2.05, 4.69) is 34.3 Å². The number of hydrogen-bond donors (Lipinski definition) is 1. The number of rotatable bonds is 4. The smallest absolute Gasteiger partial charge is 0.244 e. The van der Waals surface area contributed by atoms with Crippen LogP contribution in [0.25, 0.3) is 0 Å². The Labute approximate surface area is 154 Å². The van der Waals surface area contributed by atoms with Gasteiger partial charge in [-0.2, -0.15) is 5.10 Å². The van der Waals surface area contributed by atoms with Crippen LogP contribution in [0.4, 0.5) is 0 Å². The van der Waals surface area contributed by atoms with Crippen LogP contribution >= 0.6 is 0 Å². The van der Waals surface area contributed by atoms with Crippen LogP contribution in [0.15, 0.2) is 36.7 Å². The lowest BCUT2D eigenvalue weighted by molar-refractivity contribution is -0.132. The van der Waals surface area contributed by atoms with Crippen molar-refractivity contribution in [1.82, 2.24) is 19.6 Å². The van der Waals surface area contributed by atoms with Crippen LogP contribution in [0.5, 0.6) is 0 Å². The highest BCUT2D eigenvalue weighted by Gasteiger charge is 2.39. The number of aromatic nitrogens is 2. The lowest BCUT2D eigenvalue weighted by Crippen LogP contribution is -2.47. The first-order valence-electron chi connectivity index (χ1n) is 9.29. The SMILES string of the molecule is Cc1cnn(CC(=O)N2CCC(O)(CN3CCc4ccccc4C3)C2)c1. The van der Waals surface area contributed by atoms with Gasteiger partial charge in [0.25, 0.3) is 0 Å². The second-order valence-electron chi connectivity index (χ2n) is 7.73. The highest BCUT2D eigenvalue weighted by atomic mass is 16.3. The van der Waals surface area contributed by atoms with Gasteiger partial charge in [0.05, 0.1) is 18.3 Å². The highest BCUT2D eigenvalue weighted by Crippen LogP contribution is 2.26. The topological polar surface area (TPSA) is 61.6 Å². The zero-order valence-corrected chi connectivity index (χ0v) is 15.3. The zero-order chi connectivity index (χ0) is 18.1. The molecule has 1 amide bonds. The van der Waals surface area contributed by atoms with Gasteiger partial charge in [-0.3, -0.25) is 14.4 Å². The number of aliphatic hydroxyl groups is 1. The van der Waals surface area contributed by atoms with E-state index in [1.807, 2.05) is 13.1 Å². The summed E-state index contributed by atoms with van der Waals surface area (Å²) >= 11 is 0. The number of β-amino-alcohol motifs (C(OH)–C–C–N with tert-alkyl or cyclic N) is 1. The minimum atomic E-state index is -0.817. The van der Waals surface area contributed by atoms with Crippen LogP contribution in [0, 0.1) is 6.92 Å². The van der Waals surface area contributed by atoms with Gasteiger partial charge in [0, 0.05) is 32.4 Å². The fourth-order valence-corrected chi connectivity index (χ4v) is 4.10. The number of aryl methyl sites for hydroxylation is 1. The summed E-state index contributed by atoms with van der Waals surface area (Å²) in [5, 5.41) is 15.2. The van der Waals surface area contributed by atoms with Crippen molar-refractivity contribution in [2.75, 3.05) is 26.2 Å². The molecule has 0 spiro atoms. The van der Waals surface area contributed by atoms with E-state index < -0.39 is 5.60 Å². The fraction of sp³-hybridized carbons (Fsp3) is 0.500. The number of carbonyl (C=O) groups excluding carboxylic acids is 1. The Balaban J connectivity index is 1.34. The first kappa shape index (κ1) is 17.2. The van der Waals surface area contributed by atoms with E-state index in [9.17, 15) is 9.90 Å². The third kappa shape index (κ3) is 3.66. The van der Waals surface area contributed by atoms with Gasteiger partial charge in [0.2, 0.25) is 5.91 Å². The Morgan fingerprint density at radius 1 is 1.27 bits per heavy atom. The molecule has 1 aromatic carbocycles. The molecule has 138 valence electrons. The molecule has 0 aliphatic carbocycles. The molecule has 1 N–H and O–H groups in total. The molecule has 1 aromatic heterocycles. The van der Waals surface area contributed by atoms with E-state index >= 15 is 0 Å². The average Bonchev–Trinajstić information content (AvgIpc) is 3.20. The van der Waals surface area contributed by atoms with E-state index in [0.29, 0.717) is 26.1 Å². The number of fused-ring (bicyclic) bond motifs is 1. The number of amides is 1. The first-order chi connectivity index (χ1) is 12.5. The normalized spacial score (nSPS) is 23.2. The largest absolute Gasteiger partial charge is 0.387 e. The second-order valence-corrected chi connectivity index (χ2v) is 7.73. The average molecular weight is 354 g/mol. The molecule has 2 aliphatic rings. The Morgan fingerprint density at radius 2 is 2.08 bits per heavy atom. The summed E-state index contributed by atoms with van der Waals surface area (Å²) in [5.41, 5.74) is 2.99. The summed E-state index contributed by atoms with van der Waals surface area (Å²) in [6, 6.07) is 8.52. The molecule has 1 saturated heterocycles. The standard InChI is InChI=1S/C20H26N4O2/c1-16-10-21-24(11-16)13-19(25)23-9-7-20(26,15-23)14-22-8-6-17-4-2-3-5-18(17)12-22/h2-5,10-11,26H,6-9,12-15H2,1H3. The van der Waals surface area contributed by atoms with Crippen LogP contribution in [0.3, 0.4) is 0 Å². The third-order valence-corrected chi connectivity index (χ3v) is 5.47. The van der Waals surface area contributed by atoms with Gasteiger partial charge in [-0.1, -0.05) is 24.3 Å². The minimum absolute atomic E-state index is 0.0213. The molecule has 2 aliphatic heterocycles. The Morgan fingerprint density at radius 3 is 2.85 bits per heavy atom. The van der Waals surface area contributed by atoms with Crippen LogP contribution in [-0.2, 0) is 24.3 Å². The maximum Gasteiger partial charge on any atom is 0.244 e. The molecular weight excluding hydrogens is 328 g/mol. The van der Waals surface area contributed by atoms with Crippen molar-refractivity contribution in [3.8, 4) is 0 Å². The van der Waals surface area contributed by atoms with E-state index in [0.717, 1.165) is 25.1 Å². The maximum atomic E-state index is 12.5. The molecule has 4 rings (SSSR count). The number of hydrogen-bond acceptors (Lipinski definition) is 4. The lowest BCUT2D eigenvalue weighted by Gasteiger charge is -2.34. The number of nitrogens with zero attached hydrogens (tertiary/aromatic N) is 4. The van der Waals surface area contributed by atoms with Crippen molar-refractivity contribution < 1.29 is 9.90 Å². The monoisotopic (exact) mass is 354 g/mol. The summed E-state index contributed by atoms with van der Waals surface area (Å²) in [6.45, 7) is 5.66. The zero-order valence-electron chi connectivity index (χ0n) is 15.3. The van der Waals surface area contributed by atoms with E-state index in [-0.39, 0.29) is 12.5 Å². The van der Waals surface area contributed by atoms with Crippen molar-refractivity contribution in [2.45, 2.75) is 38.5 Å². The molecular formula is C20H26N4O2. The van der Waals surface area contributed by atoms with Crippen molar-refractivity contribution >= 4 is 5.91 Å². The van der Waals surface area contributed by atoms with Gasteiger partial charge in [0.15, 0.2) is 0 Å². The highest BCUT2D eigenvalue weighted by molar-refractivity contribution is 5.76. The Kier molecular flexibility index (Phi) is 4.54. The molecule has 26 heavy (non-hydrogen) atoms.